The van der Waals surface area contributed by atoms with Gasteiger partial charge in [0.25, 0.3) is 0 Å². The summed E-state index contributed by atoms with van der Waals surface area (Å²) < 4.78 is 16.5. The Morgan fingerprint density at radius 2 is 2.11 bits per heavy atom. The van der Waals surface area contributed by atoms with Gasteiger partial charge in [0.05, 0.1) is 6.61 Å². The molecule has 0 spiro atoms. The van der Waals surface area contributed by atoms with E-state index in [0.29, 0.717) is 13.0 Å². The number of rotatable bonds is 5. The van der Waals surface area contributed by atoms with E-state index in [2.05, 4.69) is 11.8 Å². The number of fused-ring (bicyclic) bond motifs is 1. The first-order valence-electron chi connectivity index (χ1n) is 6.41. The summed E-state index contributed by atoms with van der Waals surface area (Å²) in [4.78, 5) is 0. The quantitative estimate of drug-likeness (QED) is 0.651. The minimum absolute atomic E-state index is 0.0677. The zero-order valence-electron chi connectivity index (χ0n) is 11.4. The second kappa shape index (κ2) is 6.35. The first kappa shape index (κ1) is 13.6. The summed E-state index contributed by atoms with van der Waals surface area (Å²) in [6.45, 7) is 4.61. The van der Waals surface area contributed by atoms with Gasteiger partial charge in [-0.15, -0.1) is 11.8 Å². The van der Waals surface area contributed by atoms with Gasteiger partial charge in [-0.2, -0.15) is 0 Å². The van der Waals surface area contributed by atoms with Crippen LogP contribution in [0.2, 0.25) is 0 Å². The second-order valence-corrected chi connectivity index (χ2v) is 4.52. The largest absolute Gasteiger partial charge is 0.492 e. The summed E-state index contributed by atoms with van der Waals surface area (Å²) in [5.41, 5.74) is 6.91. The van der Waals surface area contributed by atoms with E-state index in [1.165, 1.54) is 0 Å². The summed E-state index contributed by atoms with van der Waals surface area (Å²) in [5, 5.41) is 0. The summed E-state index contributed by atoms with van der Waals surface area (Å²) in [6.07, 6.45) is 1.45. The van der Waals surface area contributed by atoms with Gasteiger partial charge in [-0.25, -0.2) is 0 Å². The maximum Gasteiger partial charge on any atom is 0.231 e. The molecule has 4 heteroatoms. The average Bonchev–Trinajstić information content (AvgIpc) is 2.81. The molecule has 1 unspecified atom stereocenters. The molecule has 0 amide bonds. The Morgan fingerprint density at radius 1 is 1.37 bits per heavy atom. The van der Waals surface area contributed by atoms with Crippen LogP contribution in [0.1, 0.15) is 25.8 Å². The Labute approximate surface area is 113 Å². The number of hydrogen-bond acceptors (Lipinski definition) is 4. The molecule has 1 heterocycles. The van der Waals surface area contributed by atoms with Crippen molar-refractivity contribution in [3.63, 3.8) is 0 Å². The molecule has 0 bridgehead atoms. The predicted octanol–water partition coefficient (Wildman–Crippen LogP) is 2.10. The van der Waals surface area contributed by atoms with Crippen molar-refractivity contribution in [3.8, 4) is 29.1 Å². The van der Waals surface area contributed by atoms with Crippen molar-refractivity contribution in [2.45, 2.75) is 32.7 Å². The molecular formula is C15H19NO3. The van der Waals surface area contributed by atoms with Crippen LogP contribution >= 0.6 is 0 Å². The Morgan fingerprint density at radius 3 is 2.79 bits per heavy atom. The molecule has 1 atom stereocenters. The third-order valence-corrected chi connectivity index (χ3v) is 2.76. The van der Waals surface area contributed by atoms with E-state index in [1.54, 1.807) is 0 Å². The molecule has 0 saturated heterocycles. The van der Waals surface area contributed by atoms with Crippen molar-refractivity contribution in [2.75, 3.05) is 13.4 Å². The van der Waals surface area contributed by atoms with E-state index >= 15 is 0 Å². The van der Waals surface area contributed by atoms with Crippen LogP contribution in [-0.4, -0.2) is 19.4 Å². The topological polar surface area (TPSA) is 53.7 Å². The molecule has 2 N–H and O–H groups in total. The standard InChI is InChI=1S/C15H19NO3/c1-3-4-5-6-17-13-9-15-14(18-10-19-15)8-12(13)7-11(2)16/h8-9,11H,5-7,10,16H2,1-2H3. The van der Waals surface area contributed by atoms with Crippen molar-refractivity contribution in [2.24, 2.45) is 5.73 Å². The van der Waals surface area contributed by atoms with E-state index in [4.69, 9.17) is 19.9 Å². The lowest BCUT2D eigenvalue weighted by atomic mass is 10.1. The molecule has 1 aromatic rings. The molecule has 102 valence electrons. The van der Waals surface area contributed by atoms with Crippen molar-refractivity contribution in [1.82, 2.24) is 0 Å². The van der Waals surface area contributed by atoms with Gasteiger partial charge in [-0.3, -0.25) is 0 Å². The van der Waals surface area contributed by atoms with E-state index in [9.17, 15) is 0 Å². The normalized spacial score (nSPS) is 13.6. The SMILES string of the molecule is CC#CCCOc1cc2c(cc1CC(C)N)OCO2. The minimum atomic E-state index is 0.0677. The Kier molecular flexibility index (Phi) is 4.53. The fourth-order valence-electron chi connectivity index (χ4n) is 1.94. The number of ether oxygens (including phenoxy) is 3. The van der Waals surface area contributed by atoms with E-state index in [-0.39, 0.29) is 12.8 Å². The molecular weight excluding hydrogens is 242 g/mol. The lowest BCUT2D eigenvalue weighted by Crippen LogP contribution is -2.18. The summed E-state index contributed by atoms with van der Waals surface area (Å²) >= 11 is 0. The molecule has 0 aromatic heterocycles. The molecule has 4 nitrogen and oxygen atoms in total. The lowest BCUT2D eigenvalue weighted by molar-refractivity contribution is 0.173. The molecule has 1 aromatic carbocycles. The predicted molar refractivity (Wildman–Crippen MR) is 73.5 cm³/mol. The number of hydrogen-bond donors (Lipinski definition) is 1. The van der Waals surface area contributed by atoms with Gasteiger partial charge in [0, 0.05) is 18.5 Å². The van der Waals surface area contributed by atoms with Gasteiger partial charge >= 0.3 is 0 Å². The molecule has 0 fully saturated rings. The lowest BCUT2D eigenvalue weighted by Gasteiger charge is -2.13. The summed E-state index contributed by atoms with van der Waals surface area (Å²) in [7, 11) is 0. The van der Waals surface area contributed by atoms with Crippen molar-refractivity contribution < 1.29 is 14.2 Å². The molecule has 1 aliphatic heterocycles. The van der Waals surface area contributed by atoms with E-state index < -0.39 is 0 Å². The second-order valence-electron chi connectivity index (χ2n) is 4.52. The highest BCUT2D eigenvalue weighted by Crippen LogP contribution is 2.38. The zero-order valence-corrected chi connectivity index (χ0v) is 11.4. The highest BCUT2D eigenvalue weighted by atomic mass is 16.7. The van der Waals surface area contributed by atoms with Crippen LogP contribution in [0.3, 0.4) is 0 Å². The summed E-state index contributed by atoms with van der Waals surface area (Å²) in [5.74, 6) is 8.12. The Bertz CT molecular complexity index is 500. The van der Waals surface area contributed by atoms with Gasteiger partial charge in [-0.1, -0.05) is 0 Å². The van der Waals surface area contributed by atoms with Crippen LogP contribution in [-0.2, 0) is 6.42 Å². The van der Waals surface area contributed by atoms with Gasteiger partial charge in [0.2, 0.25) is 6.79 Å². The molecule has 19 heavy (non-hydrogen) atoms. The van der Waals surface area contributed by atoms with Crippen LogP contribution in [0, 0.1) is 11.8 Å². The average molecular weight is 261 g/mol. The molecule has 0 aliphatic carbocycles. The van der Waals surface area contributed by atoms with E-state index in [0.717, 1.165) is 29.2 Å². The molecule has 2 rings (SSSR count). The van der Waals surface area contributed by atoms with Gasteiger partial charge in [-0.05, 0) is 31.9 Å². The van der Waals surface area contributed by atoms with Gasteiger partial charge in [0.1, 0.15) is 5.75 Å². The first-order valence-corrected chi connectivity index (χ1v) is 6.41. The van der Waals surface area contributed by atoms with Crippen LogP contribution < -0.4 is 19.9 Å². The van der Waals surface area contributed by atoms with Crippen LogP contribution in [0.5, 0.6) is 17.2 Å². The van der Waals surface area contributed by atoms with Gasteiger partial charge in [0.15, 0.2) is 11.5 Å². The summed E-state index contributed by atoms with van der Waals surface area (Å²) in [6, 6.07) is 3.89. The number of nitrogens with two attached hydrogens (primary N) is 1. The fourth-order valence-corrected chi connectivity index (χ4v) is 1.94. The Hall–Kier alpha value is -1.86. The third kappa shape index (κ3) is 3.55. The zero-order chi connectivity index (χ0) is 13.7. The first-order chi connectivity index (χ1) is 9.20. The highest BCUT2D eigenvalue weighted by molar-refractivity contribution is 5.52. The highest BCUT2D eigenvalue weighted by Gasteiger charge is 2.18. The van der Waals surface area contributed by atoms with Crippen molar-refractivity contribution >= 4 is 0 Å². The van der Waals surface area contributed by atoms with Crippen LogP contribution in [0.25, 0.3) is 0 Å². The molecule has 0 saturated carbocycles. The van der Waals surface area contributed by atoms with Crippen LogP contribution in [0.4, 0.5) is 0 Å². The minimum Gasteiger partial charge on any atom is -0.492 e. The Balaban J connectivity index is 2.15. The number of benzene rings is 1. The maximum absolute atomic E-state index is 5.86. The monoisotopic (exact) mass is 261 g/mol. The van der Waals surface area contributed by atoms with Crippen molar-refractivity contribution in [3.05, 3.63) is 17.7 Å². The van der Waals surface area contributed by atoms with E-state index in [1.807, 2.05) is 26.0 Å². The smallest absolute Gasteiger partial charge is 0.231 e. The van der Waals surface area contributed by atoms with Gasteiger partial charge < -0.3 is 19.9 Å². The fraction of sp³-hybridized carbons (Fsp3) is 0.467. The maximum atomic E-state index is 5.86. The molecule has 1 aliphatic rings. The third-order valence-electron chi connectivity index (χ3n) is 2.76. The molecule has 0 radical (unpaired) electrons. The van der Waals surface area contributed by atoms with Crippen molar-refractivity contribution in [1.29, 1.82) is 0 Å². The van der Waals surface area contributed by atoms with Crippen LogP contribution in [0.15, 0.2) is 12.1 Å².